The van der Waals surface area contributed by atoms with E-state index in [-0.39, 0.29) is 18.7 Å². The molecule has 0 saturated heterocycles. The van der Waals surface area contributed by atoms with Gasteiger partial charge >= 0.3 is 0 Å². The molecule has 1 amide bonds. The van der Waals surface area contributed by atoms with Gasteiger partial charge < -0.3 is 16.2 Å². The first kappa shape index (κ1) is 16.3. The predicted molar refractivity (Wildman–Crippen MR) is 72.8 cm³/mol. The van der Waals surface area contributed by atoms with Crippen molar-refractivity contribution in [2.24, 2.45) is 0 Å². The number of nitro groups is 2. The normalized spacial score (nSPS) is 10.1. The Balaban J connectivity index is 3.07. The lowest BCUT2D eigenvalue weighted by Crippen LogP contribution is -2.26. The van der Waals surface area contributed by atoms with Gasteiger partial charge in [-0.1, -0.05) is 0 Å². The molecular weight excluding hydrogens is 284 g/mol. The second-order valence-electron chi connectivity index (χ2n) is 4.13. The van der Waals surface area contributed by atoms with Gasteiger partial charge in [0.15, 0.2) is 0 Å². The van der Waals surface area contributed by atoms with Crippen LogP contribution in [0.2, 0.25) is 0 Å². The number of rotatable bonds is 7. The molecule has 0 spiro atoms. The highest BCUT2D eigenvalue weighted by Gasteiger charge is 2.25. The number of hydrogen-bond acceptors (Lipinski definition) is 7. The lowest BCUT2D eigenvalue weighted by atomic mass is 10.1. The number of benzene rings is 1. The van der Waals surface area contributed by atoms with Crippen molar-refractivity contribution < 1.29 is 19.7 Å². The molecule has 0 heterocycles. The second-order valence-corrected chi connectivity index (χ2v) is 4.13. The number of hydrogen-bond donors (Lipinski definition) is 3. The summed E-state index contributed by atoms with van der Waals surface area (Å²) in [6, 6.07) is 1.60. The molecule has 0 atom stereocenters. The van der Waals surface area contributed by atoms with E-state index in [0.717, 1.165) is 6.07 Å². The molecule has 0 unspecified atom stereocenters. The summed E-state index contributed by atoms with van der Waals surface area (Å²) in [7, 11) is 0. The van der Waals surface area contributed by atoms with E-state index in [9.17, 15) is 25.0 Å². The number of nitrogens with one attached hydrogen (secondary N) is 1. The highest BCUT2D eigenvalue weighted by molar-refractivity contribution is 6.01. The topological polar surface area (TPSA) is 162 Å². The first-order valence-corrected chi connectivity index (χ1v) is 5.99. The van der Waals surface area contributed by atoms with E-state index < -0.39 is 32.8 Å². The first-order valence-electron chi connectivity index (χ1n) is 5.99. The summed E-state index contributed by atoms with van der Waals surface area (Å²) in [6.45, 7) is 0.190. The van der Waals surface area contributed by atoms with Crippen LogP contribution < -0.4 is 11.1 Å². The predicted octanol–water partition coefficient (Wildman–Crippen LogP) is 0.587. The Labute approximate surface area is 118 Å². The van der Waals surface area contributed by atoms with Crippen molar-refractivity contribution in [3.05, 3.63) is 37.9 Å². The van der Waals surface area contributed by atoms with E-state index in [4.69, 9.17) is 10.8 Å². The van der Waals surface area contributed by atoms with Crippen LogP contribution in [0.4, 0.5) is 17.1 Å². The largest absolute Gasteiger partial charge is 0.396 e. The maximum absolute atomic E-state index is 11.9. The lowest BCUT2D eigenvalue weighted by molar-refractivity contribution is -0.393. The number of nitrogen functional groups attached to an aromatic ring is 1. The second kappa shape index (κ2) is 7.14. The third-order valence-electron chi connectivity index (χ3n) is 2.67. The number of nitrogens with two attached hydrogens (primary N) is 1. The van der Waals surface area contributed by atoms with Gasteiger partial charge in [0.25, 0.3) is 17.3 Å². The third-order valence-corrected chi connectivity index (χ3v) is 2.67. The van der Waals surface area contributed by atoms with Gasteiger partial charge in [0.05, 0.1) is 21.5 Å². The number of nitrogens with zero attached hydrogens (tertiary/aromatic N) is 2. The number of anilines is 1. The Bertz CT molecular complexity index is 574. The van der Waals surface area contributed by atoms with Crippen molar-refractivity contribution in [2.75, 3.05) is 18.9 Å². The van der Waals surface area contributed by atoms with Crippen LogP contribution in [0.1, 0.15) is 23.2 Å². The standard InChI is InChI=1S/C11H14N4O6/c12-10-8(11(17)13-3-1-2-4-16)5-7(14(18)19)6-9(10)15(20)21/h5-6,16H,1-4,12H2,(H,13,17). The molecule has 0 aliphatic carbocycles. The van der Waals surface area contributed by atoms with Gasteiger partial charge in [-0.2, -0.15) is 0 Å². The molecular formula is C11H14N4O6. The average molecular weight is 298 g/mol. The van der Waals surface area contributed by atoms with Crippen LogP contribution in [-0.4, -0.2) is 34.0 Å². The van der Waals surface area contributed by atoms with Crippen LogP contribution in [0.25, 0.3) is 0 Å². The van der Waals surface area contributed by atoms with E-state index >= 15 is 0 Å². The minimum Gasteiger partial charge on any atom is -0.396 e. The highest BCUT2D eigenvalue weighted by Crippen LogP contribution is 2.30. The summed E-state index contributed by atoms with van der Waals surface area (Å²) >= 11 is 0. The van der Waals surface area contributed by atoms with Crippen LogP contribution in [0.3, 0.4) is 0 Å². The molecule has 0 saturated carbocycles. The number of amides is 1. The van der Waals surface area contributed by atoms with Crippen LogP contribution in [0.5, 0.6) is 0 Å². The lowest BCUT2D eigenvalue weighted by Gasteiger charge is -2.07. The maximum Gasteiger partial charge on any atom is 0.299 e. The molecule has 4 N–H and O–H groups in total. The molecule has 1 aromatic carbocycles. The van der Waals surface area contributed by atoms with E-state index in [1.165, 1.54) is 0 Å². The van der Waals surface area contributed by atoms with Crippen molar-refractivity contribution in [3.8, 4) is 0 Å². The van der Waals surface area contributed by atoms with Gasteiger partial charge in [-0.15, -0.1) is 0 Å². The van der Waals surface area contributed by atoms with E-state index in [1.807, 2.05) is 0 Å². The van der Waals surface area contributed by atoms with Crippen molar-refractivity contribution in [3.63, 3.8) is 0 Å². The van der Waals surface area contributed by atoms with Gasteiger partial charge in [-0.05, 0) is 12.8 Å². The van der Waals surface area contributed by atoms with Gasteiger partial charge in [-0.25, -0.2) is 0 Å². The molecule has 10 nitrogen and oxygen atoms in total. The molecule has 1 rings (SSSR count). The molecule has 0 aliphatic rings. The number of carbonyl (C=O) groups is 1. The summed E-state index contributed by atoms with van der Waals surface area (Å²) < 4.78 is 0. The minimum atomic E-state index is -0.884. The zero-order chi connectivity index (χ0) is 16.0. The van der Waals surface area contributed by atoms with E-state index in [1.54, 1.807) is 0 Å². The fourth-order valence-electron chi connectivity index (χ4n) is 1.60. The summed E-state index contributed by atoms with van der Waals surface area (Å²) in [6.07, 6.45) is 0.976. The van der Waals surface area contributed by atoms with Crippen LogP contribution >= 0.6 is 0 Å². The van der Waals surface area contributed by atoms with Gasteiger partial charge in [0.1, 0.15) is 5.69 Å². The van der Waals surface area contributed by atoms with Crippen LogP contribution in [0, 0.1) is 20.2 Å². The van der Waals surface area contributed by atoms with Crippen LogP contribution in [-0.2, 0) is 0 Å². The summed E-state index contributed by atoms with van der Waals surface area (Å²) in [5.74, 6) is -0.739. The Morgan fingerprint density at radius 3 is 2.43 bits per heavy atom. The summed E-state index contributed by atoms with van der Waals surface area (Å²) in [4.78, 5) is 31.7. The number of aliphatic hydroxyl groups is 1. The van der Waals surface area contributed by atoms with Crippen molar-refractivity contribution in [1.29, 1.82) is 0 Å². The quantitative estimate of drug-likeness (QED) is 0.287. The molecule has 1 aromatic rings. The zero-order valence-electron chi connectivity index (χ0n) is 10.9. The number of unbranched alkanes of at least 4 members (excludes halogenated alkanes) is 1. The molecule has 10 heteroatoms. The highest BCUT2D eigenvalue weighted by atomic mass is 16.6. The summed E-state index contributed by atoms with van der Waals surface area (Å²) in [5, 5.41) is 32.6. The smallest absolute Gasteiger partial charge is 0.299 e. The van der Waals surface area contributed by atoms with Gasteiger partial charge in [0.2, 0.25) is 0 Å². The Hall–Kier alpha value is -2.75. The monoisotopic (exact) mass is 298 g/mol. The van der Waals surface area contributed by atoms with E-state index in [0.29, 0.717) is 18.9 Å². The Kier molecular flexibility index (Phi) is 5.55. The van der Waals surface area contributed by atoms with Crippen molar-refractivity contribution in [2.45, 2.75) is 12.8 Å². The number of carbonyl (C=O) groups excluding carboxylic acids is 1. The van der Waals surface area contributed by atoms with Crippen LogP contribution in [0.15, 0.2) is 12.1 Å². The average Bonchev–Trinajstić information content (AvgIpc) is 2.43. The number of aliphatic hydroxyl groups excluding tert-OH is 1. The SMILES string of the molecule is Nc1c(C(=O)NCCCCO)cc([N+](=O)[O-])cc1[N+](=O)[O-]. The van der Waals surface area contributed by atoms with E-state index in [2.05, 4.69) is 5.32 Å². The molecule has 0 aromatic heterocycles. The Morgan fingerprint density at radius 2 is 1.90 bits per heavy atom. The van der Waals surface area contributed by atoms with Gasteiger partial charge in [-0.3, -0.25) is 25.0 Å². The molecule has 0 fully saturated rings. The minimum absolute atomic E-state index is 0.0275. The maximum atomic E-state index is 11.9. The number of non-ortho nitro benzene ring substituents is 1. The molecule has 114 valence electrons. The molecule has 0 radical (unpaired) electrons. The molecule has 0 bridgehead atoms. The fourth-order valence-corrected chi connectivity index (χ4v) is 1.60. The zero-order valence-corrected chi connectivity index (χ0v) is 10.9. The van der Waals surface area contributed by atoms with Crippen molar-refractivity contribution >= 4 is 23.0 Å². The third kappa shape index (κ3) is 4.11. The number of nitro benzene ring substituents is 2. The summed E-state index contributed by atoms with van der Waals surface area (Å²) in [5.41, 5.74) is 3.50. The Morgan fingerprint density at radius 1 is 1.24 bits per heavy atom. The van der Waals surface area contributed by atoms with Crippen molar-refractivity contribution in [1.82, 2.24) is 5.32 Å². The van der Waals surface area contributed by atoms with Gasteiger partial charge in [0, 0.05) is 19.2 Å². The molecule has 0 aliphatic heterocycles. The first-order chi connectivity index (χ1) is 9.88. The fraction of sp³-hybridized carbons (Fsp3) is 0.364. The molecule has 21 heavy (non-hydrogen) atoms.